The summed E-state index contributed by atoms with van der Waals surface area (Å²) in [5, 5.41) is 2.87. The lowest BCUT2D eigenvalue weighted by atomic mass is 10.2. The standard InChI is InChI=1S/C11H16N2O2/c1-13(2)7-8-15-11-6-4-3-5-10(11)9-12-14/h3-6H,7-9H2,1-2H3. The number of hydrogen-bond donors (Lipinski definition) is 0. The van der Waals surface area contributed by atoms with Crippen LogP contribution in [0.3, 0.4) is 0 Å². The zero-order valence-corrected chi connectivity index (χ0v) is 9.14. The summed E-state index contributed by atoms with van der Waals surface area (Å²) in [7, 11) is 3.98. The molecule has 0 atom stereocenters. The van der Waals surface area contributed by atoms with E-state index in [0.29, 0.717) is 6.61 Å². The molecule has 0 saturated heterocycles. The Morgan fingerprint density at radius 1 is 1.33 bits per heavy atom. The largest absolute Gasteiger partial charge is 0.492 e. The Morgan fingerprint density at radius 2 is 2.07 bits per heavy atom. The third-order valence-corrected chi connectivity index (χ3v) is 2.00. The van der Waals surface area contributed by atoms with Crippen molar-refractivity contribution in [1.29, 1.82) is 0 Å². The van der Waals surface area contributed by atoms with Crippen LogP contribution in [0.2, 0.25) is 0 Å². The van der Waals surface area contributed by atoms with Gasteiger partial charge in [0, 0.05) is 12.1 Å². The molecule has 0 bridgehead atoms. The van der Waals surface area contributed by atoms with Gasteiger partial charge < -0.3 is 9.64 Å². The fourth-order valence-electron chi connectivity index (χ4n) is 1.18. The van der Waals surface area contributed by atoms with E-state index in [9.17, 15) is 4.91 Å². The molecule has 4 heteroatoms. The van der Waals surface area contributed by atoms with Gasteiger partial charge in [0.15, 0.2) is 0 Å². The van der Waals surface area contributed by atoms with Gasteiger partial charge in [0.05, 0.1) is 0 Å². The smallest absolute Gasteiger partial charge is 0.124 e. The Hall–Kier alpha value is -1.42. The van der Waals surface area contributed by atoms with Crippen LogP contribution in [-0.2, 0) is 6.54 Å². The molecule has 0 fully saturated rings. The average molecular weight is 208 g/mol. The molecule has 0 unspecified atom stereocenters. The molecule has 0 spiro atoms. The van der Waals surface area contributed by atoms with Crippen LogP contribution in [0, 0.1) is 4.91 Å². The van der Waals surface area contributed by atoms with E-state index < -0.39 is 0 Å². The van der Waals surface area contributed by atoms with E-state index >= 15 is 0 Å². The number of likely N-dealkylation sites (N-methyl/N-ethyl adjacent to an activating group) is 1. The molecular formula is C11H16N2O2. The van der Waals surface area contributed by atoms with Crippen molar-refractivity contribution in [2.24, 2.45) is 5.18 Å². The highest BCUT2D eigenvalue weighted by Crippen LogP contribution is 2.18. The Labute approximate surface area is 89.8 Å². The first-order chi connectivity index (χ1) is 7.24. The third-order valence-electron chi connectivity index (χ3n) is 2.00. The molecule has 0 heterocycles. The van der Waals surface area contributed by atoms with Crippen LogP contribution in [0.5, 0.6) is 5.75 Å². The summed E-state index contributed by atoms with van der Waals surface area (Å²) in [4.78, 5) is 12.2. The van der Waals surface area contributed by atoms with Crippen molar-refractivity contribution in [1.82, 2.24) is 4.90 Å². The molecule has 1 aromatic carbocycles. The Morgan fingerprint density at radius 3 is 2.73 bits per heavy atom. The zero-order valence-electron chi connectivity index (χ0n) is 9.14. The highest BCUT2D eigenvalue weighted by atomic mass is 16.5. The van der Waals surface area contributed by atoms with E-state index in [0.717, 1.165) is 17.9 Å². The van der Waals surface area contributed by atoms with Gasteiger partial charge in [-0.2, -0.15) is 4.91 Å². The highest BCUT2D eigenvalue weighted by molar-refractivity contribution is 5.33. The van der Waals surface area contributed by atoms with Crippen LogP contribution in [0.15, 0.2) is 29.4 Å². The monoisotopic (exact) mass is 208 g/mol. The number of nitroso groups, excluding NO2 is 1. The lowest BCUT2D eigenvalue weighted by Crippen LogP contribution is -2.19. The van der Waals surface area contributed by atoms with Crippen molar-refractivity contribution in [3.63, 3.8) is 0 Å². The second-order valence-electron chi connectivity index (χ2n) is 3.55. The maximum atomic E-state index is 10.2. The number of rotatable bonds is 6. The quantitative estimate of drug-likeness (QED) is 0.670. The van der Waals surface area contributed by atoms with Crippen LogP contribution in [-0.4, -0.2) is 32.1 Å². The van der Waals surface area contributed by atoms with Gasteiger partial charge in [0.2, 0.25) is 0 Å². The molecule has 15 heavy (non-hydrogen) atoms. The Kier molecular flexibility index (Phi) is 4.77. The van der Waals surface area contributed by atoms with E-state index in [4.69, 9.17) is 4.74 Å². The fraction of sp³-hybridized carbons (Fsp3) is 0.455. The van der Waals surface area contributed by atoms with Gasteiger partial charge in [-0.15, -0.1) is 0 Å². The van der Waals surface area contributed by atoms with Crippen LogP contribution in [0.4, 0.5) is 0 Å². The minimum absolute atomic E-state index is 0.165. The van der Waals surface area contributed by atoms with Gasteiger partial charge in [-0.3, -0.25) is 0 Å². The van der Waals surface area contributed by atoms with Crippen molar-refractivity contribution < 1.29 is 4.74 Å². The number of nitrogens with zero attached hydrogens (tertiary/aromatic N) is 2. The zero-order chi connectivity index (χ0) is 11.1. The van der Waals surface area contributed by atoms with Gasteiger partial charge in [-0.05, 0) is 20.2 Å². The van der Waals surface area contributed by atoms with Crippen molar-refractivity contribution >= 4 is 0 Å². The van der Waals surface area contributed by atoms with Gasteiger partial charge in [0.25, 0.3) is 0 Å². The second-order valence-corrected chi connectivity index (χ2v) is 3.55. The van der Waals surface area contributed by atoms with Crippen molar-refractivity contribution in [2.75, 3.05) is 27.2 Å². The van der Waals surface area contributed by atoms with E-state index in [2.05, 4.69) is 5.18 Å². The molecule has 1 aromatic rings. The molecule has 0 saturated carbocycles. The normalized spacial score (nSPS) is 10.3. The van der Waals surface area contributed by atoms with Gasteiger partial charge in [-0.25, -0.2) is 0 Å². The first kappa shape index (κ1) is 11.7. The van der Waals surface area contributed by atoms with E-state index in [-0.39, 0.29) is 6.54 Å². The topological polar surface area (TPSA) is 41.9 Å². The first-order valence-corrected chi connectivity index (χ1v) is 4.88. The van der Waals surface area contributed by atoms with Crippen molar-refractivity contribution in [2.45, 2.75) is 6.54 Å². The molecule has 1 rings (SSSR count). The summed E-state index contributed by atoms with van der Waals surface area (Å²) in [5.74, 6) is 0.749. The lowest BCUT2D eigenvalue weighted by molar-refractivity contribution is 0.259. The third kappa shape index (κ3) is 4.08. The molecule has 0 aliphatic rings. The predicted octanol–water partition coefficient (Wildman–Crippen LogP) is 1.89. The second kappa shape index (κ2) is 6.14. The minimum atomic E-state index is 0.165. The van der Waals surface area contributed by atoms with Crippen LogP contribution in [0.1, 0.15) is 5.56 Å². The average Bonchev–Trinajstić information content (AvgIpc) is 2.20. The molecule has 0 aromatic heterocycles. The Bertz CT molecular complexity index is 313. The van der Waals surface area contributed by atoms with E-state index in [1.165, 1.54) is 0 Å². The van der Waals surface area contributed by atoms with Crippen LogP contribution < -0.4 is 4.74 Å². The molecule has 4 nitrogen and oxygen atoms in total. The maximum absolute atomic E-state index is 10.2. The summed E-state index contributed by atoms with van der Waals surface area (Å²) >= 11 is 0. The maximum Gasteiger partial charge on any atom is 0.124 e. The van der Waals surface area contributed by atoms with Gasteiger partial charge in [0.1, 0.15) is 18.9 Å². The first-order valence-electron chi connectivity index (χ1n) is 4.88. The molecule has 0 aliphatic heterocycles. The highest BCUT2D eigenvalue weighted by Gasteiger charge is 2.02. The van der Waals surface area contributed by atoms with Gasteiger partial charge in [-0.1, -0.05) is 23.4 Å². The molecule has 82 valence electrons. The van der Waals surface area contributed by atoms with E-state index in [1.807, 2.05) is 43.3 Å². The minimum Gasteiger partial charge on any atom is -0.492 e. The number of para-hydroxylation sites is 1. The summed E-state index contributed by atoms with van der Waals surface area (Å²) in [5.41, 5.74) is 0.839. The number of ether oxygens (including phenoxy) is 1. The molecule has 0 radical (unpaired) electrons. The Balaban J connectivity index is 2.55. The van der Waals surface area contributed by atoms with Crippen molar-refractivity contribution in [3.05, 3.63) is 34.7 Å². The predicted molar refractivity (Wildman–Crippen MR) is 60.0 cm³/mol. The number of benzene rings is 1. The van der Waals surface area contributed by atoms with Crippen LogP contribution in [0.25, 0.3) is 0 Å². The summed E-state index contributed by atoms with van der Waals surface area (Å²) < 4.78 is 5.56. The van der Waals surface area contributed by atoms with Gasteiger partial charge >= 0.3 is 0 Å². The van der Waals surface area contributed by atoms with E-state index in [1.54, 1.807) is 0 Å². The SMILES string of the molecule is CN(C)CCOc1ccccc1CN=O. The molecular weight excluding hydrogens is 192 g/mol. The lowest BCUT2D eigenvalue weighted by Gasteiger charge is -2.12. The van der Waals surface area contributed by atoms with Crippen LogP contribution >= 0.6 is 0 Å². The summed E-state index contributed by atoms with van der Waals surface area (Å²) in [6, 6.07) is 7.47. The van der Waals surface area contributed by atoms with Crippen molar-refractivity contribution in [3.8, 4) is 5.75 Å². The molecule has 0 N–H and O–H groups in total. The summed E-state index contributed by atoms with van der Waals surface area (Å²) in [6.07, 6.45) is 0. The molecule has 0 amide bonds. The molecule has 0 aliphatic carbocycles. The fourth-order valence-corrected chi connectivity index (χ4v) is 1.18. The summed E-state index contributed by atoms with van der Waals surface area (Å²) in [6.45, 7) is 1.63. The number of hydrogen-bond acceptors (Lipinski definition) is 4.